The van der Waals surface area contributed by atoms with Gasteiger partial charge >= 0.3 is 0 Å². The molecule has 6 heteroatoms. The molecule has 1 saturated heterocycles. The molecule has 1 fully saturated rings. The number of carbonyl (C=O) groups is 1. The van der Waals surface area contributed by atoms with Crippen LogP contribution in [0, 0.1) is 5.82 Å². The number of carbonyl (C=O) groups excluding carboxylic acids is 1. The third-order valence-electron chi connectivity index (χ3n) is 5.83. The topological polar surface area (TPSA) is 36.4 Å². The number of hydrogen-bond acceptors (Lipinski definition) is 3. The molecule has 0 radical (unpaired) electrons. The predicted octanol–water partition coefficient (Wildman–Crippen LogP) is 5.77. The molecule has 0 spiro atoms. The average molecular weight is 490 g/mol. The number of amides is 1. The summed E-state index contributed by atoms with van der Waals surface area (Å²) in [5.74, 6) is -0.251. The van der Waals surface area contributed by atoms with Gasteiger partial charge in [0.1, 0.15) is 5.82 Å². The lowest BCUT2D eigenvalue weighted by atomic mass is 10.0. The molecule has 0 bridgehead atoms. The van der Waals surface area contributed by atoms with Gasteiger partial charge in [-0.3, -0.25) is 4.79 Å². The van der Waals surface area contributed by atoms with Crippen LogP contribution in [-0.2, 0) is 0 Å². The van der Waals surface area contributed by atoms with Crippen molar-refractivity contribution in [1.29, 1.82) is 0 Å². The minimum Gasteiger partial charge on any atom is -0.366 e. The summed E-state index contributed by atoms with van der Waals surface area (Å²) in [5.41, 5.74) is 3.73. The molecule has 160 valence electrons. The SMILES string of the molecule is O=C(c1cc(-c2cccc(Br)c2)nc2ccccc12)N1CCN(c2ccccc2F)CC1. The first-order valence-electron chi connectivity index (χ1n) is 10.5. The van der Waals surface area contributed by atoms with Crippen LogP contribution >= 0.6 is 15.9 Å². The maximum atomic E-state index is 14.2. The van der Waals surface area contributed by atoms with Gasteiger partial charge in [0.2, 0.25) is 0 Å². The Hall–Kier alpha value is -3.25. The van der Waals surface area contributed by atoms with E-state index in [0.717, 1.165) is 26.6 Å². The van der Waals surface area contributed by atoms with E-state index in [0.29, 0.717) is 37.4 Å². The van der Waals surface area contributed by atoms with E-state index >= 15 is 0 Å². The Balaban J connectivity index is 1.45. The quantitative estimate of drug-likeness (QED) is 0.366. The van der Waals surface area contributed by atoms with Crippen molar-refractivity contribution in [3.63, 3.8) is 0 Å². The number of hydrogen-bond donors (Lipinski definition) is 0. The van der Waals surface area contributed by atoms with Crippen molar-refractivity contribution in [1.82, 2.24) is 9.88 Å². The molecule has 1 aliphatic rings. The van der Waals surface area contributed by atoms with Crippen molar-refractivity contribution in [3.8, 4) is 11.3 Å². The first-order valence-corrected chi connectivity index (χ1v) is 11.3. The van der Waals surface area contributed by atoms with E-state index in [1.165, 1.54) is 6.07 Å². The van der Waals surface area contributed by atoms with Crippen molar-refractivity contribution in [2.45, 2.75) is 0 Å². The molecule has 32 heavy (non-hydrogen) atoms. The molecule has 5 rings (SSSR count). The minimum atomic E-state index is -0.230. The van der Waals surface area contributed by atoms with Crippen LogP contribution in [0.5, 0.6) is 0 Å². The van der Waals surface area contributed by atoms with E-state index in [1.807, 2.05) is 70.5 Å². The second-order valence-corrected chi connectivity index (χ2v) is 8.73. The molecule has 0 atom stereocenters. The summed E-state index contributed by atoms with van der Waals surface area (Å²) in [6, 6.07) is 24.3. The Bertz CT molecular complexity index is 1300. The van der Waals surface area contributed by atoms with Crippen molar-refractivity contribution < 1.29 is 9.18 Å². The molecule has 3 aromatic carbocycles. The van der Waals surface area contributed by atoms with E-state index < -0.39 is 0 Å². The molecule has 1 aliphatic heterocycles. The van der Waals surface area contributed by atoms with Gasteiger partial charge in [-0.05, 0) is 36.4 Å². The molecule has 1 amide bonds. The molecule has 1 aromatic heterocycles. The first kappa shape index (κ1) is 20.6. The standard InChI is InChI=1S/C26H21BrFN3O/c27-19-7-5-6-18(16-19)24-17-21(20-8-1-3-10-23(20)29-24)26(32)31-14-12-30(13-15-31)25-11-4-2-9-22(25)28/h1-11,16-17H,12-15H2. The highest BCUT2D eigenvalue weighted by Gasteiger charge is 2.25. The summed E-state index contributed by atoms with van der Waals surface area (Å²) in [7, 11) is 0. The van der Waals surface area contributed by atoms with Gasteiger partial charge in [-0.2, -0.15) is 0 Å². The number of anilines is 1. The lowest BCUT2D eigenvalue weighted by molar-refractivity contribution is 0.0748. The molecule has 0 N–H and O–H groups in total. The van der Waals surface area contributed by atoms with Crippen molar-refractivity contribution in [3.05, 3.63) is 94.7 Å². The number of benzene rings is 3. The Morgan fingerprint density at radius 3 is 2.41 bits per heavy atom. The van der Waals surface area contributed by atoms with Crippen LogP contribution < -0.4 is 4.90 Å². The normalized spacial score (nSPS) is 14.1. The van der Waals surface area contributed by atoms with Gasteiger partial charge in [0, 0.05) is 41.6 Å². The predicted molar refractivity (Wildman–Crippen MR) is 129 cm³/mol. The molecular formula is C26H21BrFN3O. The monoisotopic (exact) mass is 489 g/mol. The van der Waals surface area contributed by atoms with Crippen LogP contribution in [0.3, 0.4) is 0 Å². The summed E-state index contributed by atoms with van der Waals surface area (Å²) >= 11 is 3.51. The van der Waals surface area contributed by atoms with Crippen LogP contribution in [0.1, 0.15) is 10.4 Å². The fourth-order valence-corrected chi connectivity index (χ4v) is 4.58. The zero-order valence-electron chi connectivity index (χ0n) is 17.3. The number of para-hydroxylation sites is 2. The maximum Gasteiger partial charge on any atom is 0.254 e. The second kappa shape index (κ2) is 8.71. The summed E-state index contributed by atoms with van der Waals surface area (Å²) in [6.45, 7) is 2.26. The fraction of sp³-hybridized carbons (Fsp3) is 0.154. The molecular weight excluding hydrogens is 469 g/mol. The highest BCUT2D eigenvalue weighted by Crippen LogP contribution is 2.28. The third kappa shape index (κ3) is 3.98. The highest BCUT2D eigenvalue weighted by molar-refractivity contribution is 9.10. The summed E-state index contributed by atoms with van der Waals surface area (Å²) in [5, 5.41) is 0.841. The number of halogens is 2. The number of fused-ring (bicyclic) bond motifs is 1. The zero-order chi connectivity index (χ0) is 22.1. The number of piperazine rings is 1. The largest absolute Gasteiger partial charge is 0.366 e. The average Bonchev–Trinajstić information content (AvgIpc) is 2.83. The van der Waals surface area contributed by atoms with E-state index in [2.05, 4.69) is 15.9 Å². The number of rotatable bonds is 3. The molecule has 0 aliphatic carbocycles. The summed E-state index contributed by atoms with van der Waals surface area (Å²) in [6.07, 6.45) is 0. The summed E-state index contributed by atoms with van der Waals surface area (Å²) < 4.78 is 15.1. The van der Waals surface area contributed by atoms with E-state index in [1.54, 1.807) is 12.1 Å². The Labute approximate surface area is 194 Å². The molecule has 4 aromatic rings. The zero-order valence-corrected chi connectivity index (χ0v) is 18.9. The minimum absolute atomic E-state index is 0.0203. The number of aromatic nitrogens is 1. The van der Waals surface area contributed by atoms with Gasteiger partial charge in [-0.15, -0.1) is 0 Å². The van der Waals surface area contributed by atoms with Crippen LogP contribution in [0.15, 0.2) is 83.3 Å². The van der Waals surface area contributed by atoms with Gasteiger partial charge < -0.3 is 9.80 Å². The first-order chi connectivity index (χ1) is 15.6. The number of nitrogens with zero attached hydrogens (tertiary/aromatic N) is 3. The smallest absolute Gasteiger partial charge is 0.254 e. The van der Waals surface area contributed by atoms with E-state index in [-0.39, 0.29) is 11.7 Å². The van der Waals surface area contributed by atoms with Gasteiger partial charge in [0.15, 0.2) is 0 Å². The number of pyridine rings is 1. The lowest BCUT2D eigenvalue weighted by Gasteiger charge is -2.36. The van der Waals surface area contributed by atoms with Crippen molar-refractivity contribution in [2.75, 3.05) is 31.1 Å². The van der Waals surface area contributed by atoms with E-state index in [9.17, 15) is 9.18 Å². The van der Waals surface area contributed by atoms with Crippen LogP contribution in [0.2, 0.25) is 0 Å². The van der Waals surface area contributed by atoms with Gasteiger partial charge in [0.05, 0.1) is 22.5 Å². The van der Waals surface area contributed by atoms with Crippen LogP contribution in [0.4, 0.5) is 10.1 Å². The van der Waals surface area contributed by atoms with E-state index in [4.69, 9.17) is 4.98 Å². The second-order valence-electron chi connectivity index (χ2n) is 7.81. The maximum absolute atomic E-state index is 14.2. The van der Waals surface area contributed by atoms with Gasteiger partial charge in [-0.1, -0.05) is 58.4 Å². The molecule has 0 unspecified atom stereocenters. The Morgan fingerprint density at radius 2 is 1.62 bits per heavy atom. The van der Waals surface area contributed by atoms with Gasteiger partial charge in [-0.25, -0.2) is 9.37 Å². The third-order valence-corrected chi connectivity index (χ3v) is 6.32. The molecule has 0 saturated carbocycles. The molecule has 4 nitrogen and oxygen atoms in total. The van der Waals surface area contributed by atoms with Crippen LogP contribution in [-0.4, -0.2) is 42.0 Å². The summed E-state index contributed by atoms with van der Waals surface area (Å²) in [4.78, 5) is 22.2. The van der Waals surface area contributed by atoms with Crippen molar-refractivity contribution in [2.24, 2.45) is 0 Å². The fourth-order valence-electron chi connectivity index (χ4n) is 4.18. The Morgan fingerprint density at radius 1 is 0.875 bits per heavy atom. The lowest BCUT2D eigenvalue weighted by Crippen LogP contribution is -2.49. The highest BCUT2D eigenvalue weighted by atomic mass is 79.9. The molecule has 2 heterocycles. The Kier molecular flexibility index (Phi) is 5.62. The van der Waals surface area contributed by atoms with Gasteiger partial charge in [0.25, 0.3) is 5.91 Å². The van der Waals surface area contributed by atoms with Crippen molar-refractivity contribution >= 4 is 38.4 Å². The van der Waals surface area contributed by atoms with Crippen LogP contribution in [0.25, 0.3) is 22.2 Å².